The summed E-state index contributed by atoms with van der Waals surface area (Å²) in [6.45, 7) is 0.642. The zero-order valence-electron chi connectivity index (χ0n) is 12.5. The molecule has 0 aromatic heterocycles. The fraction of sp³-hybridized carbons (Fsp3) is 0.533. The van der Waals surface area contributed by atoms with Crippen molar-refractivity contribution in [2.45, 2.75) is 18.2 Å². The van der Waals surface area contributed by atoms with Crippen LogP contribution in [0.4, 0.5) is 13.2 Å². The van der Waals surface area contributed by atoms with Crippen molar-refractivity contribution in [1.82, 2.24) is 9.80 Å². The van der Waals surface area contributed by atoms with Crippen LogP contribution in [0.15, 0.2) is 24.3 Å². The number of aliphatic hydroxyl groups is 1. The first-order valence-electron chi connectivity index (χ1n) is 6.95. The maximum Gasteiger partial charge on any atom is 0.417 e. The molecule has 0 saturated carbocycles. The van der Waals surface area contributed by atoms with Gasteiger partial charge in [0.1, 0.15) is 0 Å². The van der Waals surface area contributed by atoms with Gasteiger partial charge in [0.2, 0.25) is 0 Å². The number of benzene rings is 1. The second kappa shape index (κ2) is 5.89. The third-order valence-electron chi connectivity index (χ3n) is 3.69. The Hall–Kier alpha value is -1.60. The van der Waals surface area contributed by atoms with E-state index in [1.807, 2.05) is 0 Å². The van der Waals surface area contributed by atoms with Crippen LogP contribution in [0.5, 0.6) is 0 Å². The van der Waals surface area contributed by atoms with E-state index in [1.165, 1.54) is 23.1 Å². The predicted octanol–water partition coefficient (Wildman–Crippen LogP) is 1.84. The van der Waals surface area contributed by atoms with Gasteiger partial charge in [0.25, 0.3) is 5.91 Å². The highest BCUT2D eigenvalue weighted by Crippen LogP contribution is 2.33. The monoisotopic (exact) mass is 316 g/mol. The van der Waals surface area contributed by atoms with Gasteiger partial charge in [0.05, 0.1) is 23.3 Å². The van der Waals surface area contributed by atoms with Crippen molar-refractivity contribution in [3.8, 4) is 0 Å². The second-order valence-electron chi connectivity index (χ2n) is 5.98. The third kappa shape index (κ3) is 3.59. The number of nitrogens with zero attached hydrogens (tertiary/aromatic N) is 2. The summed E-state index contributed by atoms with van der Waals surface area (Å²) in [6, 6.07) is 4.74. The SMILES string of the molecule is CN(C)C[C@@]1(O)CCN(C(=O)c2ccccc2C(F)(F)F)C1. The number of alkyl halides is 3. The molecule has 1 aliphatic heterocycles. The maximum absolute atomic E-state index is 13.0. The van der Waals surface area contributed by atoms with E-state index in [0.717, 1.165) is 6.07 Å². The smallest absolute Gasteiger partial charge is 0.387 e. The van der Waals surface area contributed by atoms with Crippen molar-refractivity contribution in [3.05, 3.63) is 35.4 Å². The van der Waals surface area contributed by atoms with E-state index in [0.29, 0.717) is 13.0 Å². The van der Waals surface area contributed by atoms with Crippen LogP contribution in [0.2, 0.25) is 0 Å². The highest BCUT2D eigenvalue weighted by atomic mass is 19.4. The van der Waals surface area contributed by atoms with Gasteiger partial charge in [-0.25, -0.2) is 0 Å². The van der Waals surface area contributed by atoms with E-state index in [4.69, 9.17) is 0 Å². The van der Waals surface area contributed by atoms with Gasteiger partial charge in [-0.2, -0.15) is 13.2 Å². The number of likely N-dealkylation sites (N-methyl/N-ethyl adjacent to an activating group) is 1. The molecule has 1 atom stereocenters. The summed E-state index contributed by atoms with van der Waals surface area (Å²) in [4.78, 5) is 15.5. The van der Waals surface area contributed by atoms with Crippen LogP contribution < -0.4 is 0 Å². The van der Waals surface area contributed by atoms with Crippen LogP contribution in [0.3, 0.4) is 0 Å². The number of β-amino-alcohol motifs (C(OH)–C–C–N with tert-alkyl or cyclic N) is 1. The Morgan fingerprint density at radius 1 is 1.36 bits per heavy atom. The van der Waals surface area contributed by atoms with E-state index in [1.54, 1.807) is 19.0 Å². The minimum absolute atomic E-state index is 0.0379. The van der Waals surface area contributed by atoms with E-state index >= 15 is 0 Å². The molecule has 1 saturated heterocycles. The Morgan fingerprint density at radius 2 is 2.00 bits per heavy atom. The largest absolute Gasteiger partial charge is 0.417 e. The molecule has 0 spiro atoms. The lowest BCUT2D eigenvalue weighted by Crippen LogP contribution is -2.43. The number of rotatable bonds is 3. The summed E-state index contributed by atoms with van der Waals surface area (Å²) >= 11 is 0. The summed E-state index contributed by atoms with van der Waals surface area (Å²) in [6.07, 6.45) is -4.23. The Kier molecular flexibility index (Phi) is 4.49. The highest BCUT2D eigenvalue weighted by Gasteiger charge is 2.41. The number of hydrogen-bond acceptors (Lipinski definition) is 3. The molecule has 0 unspecified atom stereocenters. The Labute approximate surface area is 127 Å². The molecule has 4 nitrogen and oxygen atoms in total. The van der Waals surface area contributed by atoms with Crippen LogP contribution >= 0.6 is 0 Å². The molecule has 0 bridgehead atoms. The summed E-state index contributed by atoms with van der Waals surface area (Å²) < 4.78 is 39.0. The summed E-state index contributed by atoms with van der Waals surface area (Å²) in [5, 5.41) is 10.4. The van der Waals surface area contributed by atoms with Crippen LogP contribution in [-0.4, -0.2) is 60.1 Å². The number of carbonyl (C=O) groups excluding carboxylic acids is 1. The zero-order valence-corrected chi connectivity index (χ0v) is 12.5. The summed E-state index contributed by atoms with van der Waals surface area (Å²) in [5.41, 5.74) is -2.39. The second-order valence-corrected chi connectivity index (χ2v) is 5.98. The standard InChI is InChI=1S/C15H19F3N2O2/c1-19(2)9-14(22)7-8-20(10-14)13(21)11-5-3-4-6-12(11)15(16,17)18/h3-6,22H,7-10H2,1-2H3/t14-/m0/s1. The Balaban J connectivity index is 2.21. The zero-order chi connectivity index (χ0) is 16.5. The van der Waals surface area contributed by atoms with Crippen molar-refractivity contribution < 1.29 is 23.1 Å². The van der Waals surface area contributed by atoms with Crippen molar-refractivity contribution in [2.24, 2.45) is 0 Å². The third-order valence-corrected chi connectivity index (χ3v) is 3.69. The molecule has 0 radical (unpaired) electrons. The molecule has 2 rings (SSSR count). The molecule has 0 aliphatic carbocycles. The van der Waals surface area contributed by atoms with E-state index in [9.17, 15) is 23.1 Å². The first kappa shape index (κ1) is 16.8. The van der Waals surface area contributed by atoms with Gasteiger partial charge < -0.3 is 14.9 Å². The molecule has 22 heavy (non-hydrogen) atoms. The minimum atomic E-state index is -4.58. The fourth-order valence-electron chi connectivity index (χ4n) is 2.83. The Morgan fingerprint density at radius 3 is 2.59 bits per heavy atom. The summed E-state index contributed by atoms with van der Waals surface area (Å²) in [7, 11) is 3.59. The van der Waals surface area contributed by atoms with Crippen molar-refractivity contribution in [1.29, 1.82) is 0 Å². The van der Waals surface area contributed by atoms with Gasteiger partial charge in [0.15, 0.2) is 0 Å². The molecule has 1 aliphatic rings. The average molecular weight is 316 g/mol. The molecule has 1 fully saturated rings. The molecule has 122 valence electrons. The number of amides is 1. The lowest BCUT2D eigenvalue weighted by atomic mass is 10.0. The van der Waals surface area contributed by atoms with E-state index in [-0.39, 0.29) is 18.7 Å². The lowest BCUT2D eigenvalue weighted by Gasteiger charge is -2.27. The Bertz CT molecular complexity index is 560. The van der Waals surface area contributed by atoms with Crippen molar-refractivity contribution in [3.63, 3.8) is 0 Å². The van der Waals surface area contributed by atoms with Gasteiger partial charge in [-0.15, -0.1) is 0 Å². The fourth-order valence-corrected chi connectivity index (χ4v) is 2.83. The molecular weight excluding hydrogens is 297 g/mol. The quantitative estimate of drug-likeness (QED) is 0.925. The first-order valence-corrected chi connectivity index (χ1v) is 6.95. The number of likely N-dealkylation sites (tertiary alicyclic amines) is 1. The highest BCUT2D eigenvalue weighted by molar-refractivity contribution is 5.96. The summed E-state index contributed by atoms with van der Waals surface area (Å²) in [5.74, 6) is -0.692. The molecule has 1 aromatic carbocycles. The van der Waals surface area contributed by atoms with Gasteiger partial charge in [-0.05, 0) is 32.6 Å². The van der Waals surface area contributed by atoms with E-state index in [2.05, 4.69) is 0 Å². The number of hydrogen-bond donors (Lipinski definition) is 1. The predicted molar refractivity (Wildman–Crippen MR) is 75.5 cm³/mol. The normalized spacial score (nSPS) is 22.4. The first-order chi connectivity index (χ1) is 10.1. The molecule has 7 heteroatoms. The van der Waals surface area contributed by atoms with Gasteiger partial charge in [-0.3, -0.25) is 4.79 Å². The molecule has 1 N–H and O–H groups in total. The number of carbonyl (C=O) groups is 1. The minimum Gasteiger partial charge on any atom is -0.387 e. The van der Waals surface area contributed by atoms with Crippen LogP contribution in [-0.2, 0) is 6.18 Å². The van der Waals surface area contributed by atoms with Crippen molar-refractivity contribution in [2.75, 3.05) is 33.7 Å². The van der Waals surface area contributed by atoms with Crippen LogP contribution in [0, 0.1) is 0 Å². The van der Waals surface area contributed by atoms with Gasteiger partial charge in [0, 0.05) is 13.1 Å². The van der Waals surface area contributed by atoms with Crippen LogP contribution in [0.1, 0.15) is 22.3 Å². The van der Waals surface area contributed by atoms with Gasteiger partial charge in [-0.1, -0.05) is 12.1 Å². The van der Waals surface area contributed by atoms with Gasteiger partial charge >= 0.3 is 6.18 Å². The molecule has 1 aromatic rings. The molecular formula is C15H19F3N2O2. The number of halogens is 3. The topological polar surface area (TPSA) is 43.8 Å². The van der Waals surface area contributed by atoms with E-state index < -0.39 is 23.2 Å². The average Bonchev–Trinajstić information content (AvgIpc) is 2.78. The lowest BCUT2D eigenvalue weighted by molar-refractivity contribution is -0.138. The molecule has 1 heterocycles. The van der Waals surface area contributed by atoms with Crippen molar-refractivity contribution >= 4 is 5.91 Å². The van der Waals surface area contributed by atoms with Crippen LogP contribution in [0.25, 0.3) is 0 Å². The maximum atomic E-state index is 13.0. The molecule has 1 amide bonds.